The summed E-state index contributed by atoms with van der Waals surface area (Å²) in [6.45, 7) is 9.42. The number of morpholine rings is 1. The summed E-state index contributed by atoms with van der Waals surface area (Å²) in [4.78, 5) is 29.1. The quantitative estimate of drug-likeness (QED) is 0.665. The van der Waals surface area contributed by atoms with Crippen molar-refractivity contribution in [3.63, 3.8) is 0 Å². The number of alkyl carbamates (subject to hydrolysis) is 1. The van der Waals surface area contributed by atoms with Crippen LogP contribution < -0.4 is 10.1 Å². The summed E-state index contributed by atoms with van der Waals surface area (Å²) in [6.07, 6.45) is 0.212. The molecule has 0 aliphatic carbocycles. The van der Waals surface area contributed by atoms with Crippen molar-refractivity contribution in [2.75, 3.05) is 39.4 Å². The third-order valence-electron chi connectivity index (χ3n) is 6.27. The van der Waals surface area contributed by atoms with Crippen LogP contribution in [0.1, 0.15) is 44.2 Å². The molecule has 0 bridgehead atoms. The zero-order chi connectivity index (χ0) is 25.5. The molecule has 0 spiro atoms. The molecule has 2 heterocycles. The molecule has 2 aliphatic rings. The Bertz CT molecular complexity index is 1020. The number of carbonyl (C=O) groups excluding carboxylic acids is 2. The molecular weight excluding hydrogens is 458 g/mol. The lowest BCUT2D eigenvalue weighted by Gasteiger charge is -2.41. The highest BCUT2D eigenvalue weighted by Crippen LogP contribution is 2.30. The second-order valence-electron chi connectivity index (χ2n) is 10.4. The average molecular weight is 496 g/mol. The van der Waals surface area contributed by atoms with E-state index in [1.54, 1.807) is 0 Å². The summed E-state index contributed by atoms with van der Waals surface area (Å²) in [6, 6.07) is 18.1. The van der Waals surface area contributed by atoms with Crippen molar-refractivity contribution >= 4 is 12.1 Å². The number of piperidine rings is 1. The summed E-state index contributed by atoms with van der Waals surface area (Å²) in [5.41, 5.74) is 1.58. The van der Waals surface area contributed by atoms with Gasteiger partial charge in [0.2, 0.25) is 0 Å². The van der Waals surface area contributed by atoms with E-state index in [0.29, 0.717) is 45.9 Å². The van der Waals surface area contributed by atoms with Crippen LogP contribution in [0.4, 0.5) is 9.59 Å². The molecule has 2 atom stereocenters. The maximum Gasteiger partial charge on any atom is 0.407 e. The van der Waals surface area contributed by atoms with Crippen molar-refractivity contribution < 1.29 is 23.8 Å². The average Bonchev–Trinajstić information content (AvgIpc) is 2.87. The van der Waals surface area contributed by atoms with E-state index >= 15 is 0 Å². The Balaban J connectivity index is 1.43. The first-order valence-electron chi connectivity index (χ1n) is 12.7. The van der Waals surface area contributed by atoms with Gasteiger partial charge >= 0.3 is 12.1 Å². The Hall–Kier alpha value is -3.26. The zero-order valence-electron chi connectivity index (χ0n) is 21.4. The Labute approximate surface area is 213 Å². The molecule has 2 saturated heterocycles. The monoisotopic (exact) mass is 495 g/mol. The summed E-state index contributed by atoms with van der Waals surface area (Å²) < 4.78 is 17.2. The van der Waals surface area contributed by atoms with E-state index in [-0.39, 0.29) is 18.1 Å². The van der Waals surface area contributed by atoms with Crippen molar-refractivity contribution in [3.8, 4) is 5.75 Å². The van der Waals surface area contributed by atoms with E-state index in [9.17, 15) is 9.59 Å². The minimum Gasteiger partial charge on any atom is -0.489 e. The van der Waals surface area contributed by atoms with Gasteiger partial charge in [0.1, 0.15) is 17.5 Å². The maximum atomic E-state index is 13.3. The number of ether oxygens (including phenoxy) is 3. The van der Waals surface area contributed by atoms with Gasteiger partial charge in [-0.25, -0.2) is 9.59 Å². The van der Waals surface area contributed by atoms with Crippen molar-refractivity contribution in [3.05, 3.63) is 65.7 Å². The Morgan fingerprint density at radius 1 is 1.00 bits per heavy atom. The van der Waals surface area contributed by atoms with Gasteiger partial charge in [0.05, 0.1) is 19.8 Å². The van der Waals surface area contributed by atoms with Gasteiger partial charge in [-0.3, -0.25) is 0 Å². The number of carbonyl (C=O) groups is 2. The van der Waals surface area contributed by atoms with Crippen molar-refractivity contribution in [1.82, 2.24) is 15.1 Å². The van der Waals surface area contributed by atoms with Crippen LogP contribution in [0.25, 0.3) is 0 Å². The molecule has 2 aliphatic heterocycles. The molecule has 2 fully saturated rings. The molecular formula is C28H37N3O5. The standard InChI is InChI=1S/C28H37N3O5/c1-28(2,3)36-26(32)29-18-21-8-7-11-24(16-21)35-25-17-23(22-9-5-4-6-10-22)19-31(20-25)27(33)30-12-14-34-15-13-30/h4-11,16,23,25H,12-15,17-20H2,1-3H3,(H,29,32)/t23-,25+/m0/s1. The molecule has 2 aromatic carbocycles. The fourth-order valence-electron chi connectivity index (χ4n) is 4.63. The number of amides is 3. The Kier molecular flexibility index (Phi) is 8.36. The van der Waals surface area contributed by atoms with E-state index in [0.717, 1.165) is 17.7 Å². The summed E-state index contributed by atoms with van der Waals surface area (Å²) >= 11 is 0. The fourth-order valence-corrected chi connectivity index (χ4v) is 4.63. The number of urea groups is 1. The lowest BCUT2D eigenvalue weighted by molar-refractivity contribution is 0.0303. The predicted molar refractivity (Wildman–Crippen MR) is 137 cm³/mol. The lowest BCUT2D eigenvalue weighted by atomic mass is 9.89. The van der Waals surface area contributed by atoms with Gasteiger partial charge < -0.3 is 29.3 Å². The largest absolute Gasteiger partial charge is 0.489 e. The first kappa shape index (κ1) is 25.8. The normalized spacial score (nSPS) is 20.5. The molecule has 0 aromatic heterocycles. The molecule has 4 rings (SSSR count). The van der Waals surface area contributed by atoms with Crippen LogP contribution in [-0.4, -0.2) is 73.0 Å². The summed E-state index contributed by atoms with van der Waals surface area (Å²) in [7, 11) is 0. The molecule has 0 radical (unpaired) electrons. The van der Waals surface area contributed by atoms with Gasteiger partial charge in [-0.15, -0.1) is 0 Å². The predicted octanol–water partition coefficient (Wildman–Crippen LogP) is 4.40. The molecule has 2 aromatic rings. The Morgan fingerprint density at radius 3 is 2.47 bits per heavy atom. The van der Waals surface area contributed by atoms with Crippen molar-refractivity contribution in [2.24, 2.45) is 0 Å². The van der Waals surface area contributed by atoms with Gasteiger partial charge in [-0.2, -0.15) is 0 Å². The number of nitrogens with zero attached hydrogens (tertiary/aromatic N) is 2. The molecule has 0 unspecified atom stereocenters. The molecule has 1 N–H and O–H groups in total. The highest BCUT2D eigenvalue weighted by atomic mass is 16.6. The Morgan fingerprint density at radius 2 is 1.75 bits per heavy atom. The van der Waals surface area contributed by atoms with E-state index in [1.165, 1.54) is 5.56 Å². The molecule has 36 heavy (non-hydrogen) atoms. The van der Waals surface area contributed by atoms with Crippen LogP contribution in [0.5, 0.6) is 5.75 Å². The first-order valence-corrected chi connectivity index (χ1v) is 12.7. The van der Waals surface area contributed by atoms with E-state index in [4.69, 9.17) is 14.2 Å². The fraction of sp³-hybridized carbons (Fsp3) is 0.500. The number of nitrogens with one attached hydrogen (secondary N) is 1. The summed E-state index contributed by atoms with van der Waals surface area (Å²) in [5, 5.41) is 2.79. The second-order valence-corrected chi connectivity index (χ2v) is 10.4. The third-order valence-corrected chi connectivity index (χ3v) is 6.27. The van der Waals surface area contributed by atoms with Crippen LogP contribution in [-0.2, 0) is 16.0 Å². The third kappa shape index (κ3) is 7.37. The highest BCUT2D eigenvalue weighted by Gasteiger charge is 2.34. The van der Waals surface area contributed by atoms with E-state index < -0.39 is 11.7 Å². The zero-order valence-corrected chi connectivity index (χ0v) is 21.4. The molecule has 3 amide bonds. The summed E-state index contributed by atoms with van der Waals surface area (Å²) in [5.74, 6) is 0.905. The lowest BCUT2D eigenvalue weighted by Crippen LogP contribution is -2.54. The van der Waals surface area contributed by atoms with Crippen LogP contribution in [0.2, 0.25) is 0 Å². The number of benzene rings is 2. The van der Waals surface area contributed by atoms with Gasteiger partial charge in [0.25, 0.3) is 0 Å². The minimum absolute atomic E-state index is 0.0443. The van der Waals surface area contributed by atoms with Gasteiger partial charge in [-0.1, -0.05) is 42.5 Å². The highest BCUT2D eigenvalue weighted by molar-refractivity contribution is 5.75. The molecule has 8 nitrogen and oxygen atoms in total. The number of hydrogen-bond acceptors (Lipinski definition) is 5. The number of rotatable bonds is 5. The smallest absolute Gasteiger partial charge is 0.407 e. The number of hydrogen-bond donors (Lipinski definition) is 1. The first-order chi connectivity index (χ1) is 17.3. The van der Waals surface area contributed by atoms with Crippen molar-refractivity contribution in [2.45, 2.75) is 51.4 Å². The minimum atomic E-state index is -0.546. The molecule has 0 saturated carbocycles. The van der Waals surface area contributed by atoms with Gasteiger partial charge in [0.15, 0.2) is 0 Å². The van der Waals surface area contributed by atoms with E-state index in [1.807, 2.05) is 73.0 Å². The number of likely N-dealkylation sites (tertiary alicyclic amines) is 1. The molecule has 8 heteroatoms. The van der Waals surface area contributed by atoms with Gasteiger partial charge in [0, 0.05) is 32.1 Å². The molecule has 194 valence electrons. The van der Waals surface area contributed by atoms with Crippen LogP contribution in [0, 0.1) is 0 Å². The maximum absolute atomic E-state index is 13.3. The van der Waals surface area contributed by atoms with E-state index in [2.05, 4.69) is 17.4 Å². The van der Waals surface area contributed by atoms with Crippen molar-refractivity contribution in [1.29, 1.82) is 0 Å². The van der Waals surface area contributed by atoms with Gasteiger partial charge in [-0.05, 0) is 50.5 Å². The SMILES string of the molecule is CC(C)(C)OC(=O)NCc1cccc(O[C@@H]2C[C@H](c3ccccc3)CN(C(=O)N3CCOCC3)C2)c1. The van der Waals surface area contributed by atoms with Crippen LogP contribution in [0.15, 0.2) is 54.6 Å². The van der Waals surface area contributed by atoms with Crippen LogP contribution in [0.3, 0.4) is 0 Å². The topological polar surface area (TPSA) is 80.3 Å². The van der Waals surface area contributed by atoms with Crippen LogP contribution >= 0.6 is 0 Å². The second kappa shape index (κ2) is 11.6.